The second-order valence-corrected chi connectivity index (χ2v) is 6.21. The normalized spacial score (nSPS) is 13.7. The van der Waals surface area contributed by atoms with Crippen molar-refractivity contribution in [3.05, 3.63) is 53.8 Å². The molecule has 0 aromatic heterocycles. The van der Waals surface area contributed by atoms with Crippen molar-refractivity contribution in [3.63, 3.8) is 0 Å². The van der Waals surface area contributed by atoms with Crippen molar-refractivity contribution in [2.45, 2.75) is 25.7 Å². The van der Waals surface area contributed by atoms with Crippen molar-refractivity contribution in [1.29, 1.82) is 0 Å². The number of nitrogens with one attached hydrogen (secondary N) is 1. The molecule has 2 aromatic rings. The molecule has 0 saturated heterocycles. The summed E-state index contributed by atoms with van der Waals surface area (Å²) in [5.41, 5.74) is 1.18. The molecular formula is C20H24FNO3. The summed E-state index contributed by atoms with van der Waals surface area (Å²) in [6.45, 7) is 4.93. The van der Waals surface area contributed by atoms with Crippen molar-refractivity contribution in [2.75, 3.05) is 26.5 Å². The van der Waals surface area contributed by atoms with Crippen molar-refractivity contribution in [2.24, 2.45) is 0 Å². The molecule has 1 N–H and O–H groups in total. The molecule has 4 nitrogen and oxygen atoms in total. The lowest BCUT2D eigenvalue weighted by Crippen LogP contribution is -2.20. The van der Waals surface area contributed by atoms with Crippen molar-refractivity contribution in [1.82, 2.24) is 5.32 Å². The van der Waals surface area contributed by atoms with Crippen LogP contribution in [-0.2, 0) is 0 Å². The third-order valence-corrected chi connectivity index (χ3v) is 4.30. The summed E-state index contributed by atoms with van der Waals surface area (Å²) in [6.07, 6.45) is 1.95. The highest BCUT2D eigenvalue weighted by Gasteiger charge is 2.13. The van der Waals surface area contributed by atoms with Crippen LogP contribution in [0.15, 0.2) is 42.5 Å². The van der Waals surface area contributed by atoms with Crippen LogP contribution in [-0.4, -0.2) is 26.5 Å². The smallest absolute Gasteiger partial charge is 0.231 e. The van der Waals surface area contributed by atoms with E-state index in [9.17, 15) is 4.39 Å². The van der Waals surface area contributed by atoms with E-state index in [4.69, 9.17) is 14.2 Å². The maximum absolute atomic E-state index is 12.9. The van der Waals surface area contributed by atoms with Crippen LogP contribution in [0.4, 0.5) is 4.39 Å². The minimum atomic E-state index is -0.184. The zero-order valence-electron chi connectivity index (χ0n) is 14.5. The first-order valence-corrected chi connectivity index (χ1v) is 8.71. The van der Waals surface area contributed by atoms with Gasteiger partial charge in [-0.1, -0.05) is 19.1 Å². The molecule has 0 bridgehead atoms. The van der Waals surface area contributed by atoms with Gasteiger partial charge in [-0.05, 0) is 61.7 Å². The Morgan fingerprint density at radius 2 is 1.88 bits per heavy atom. The third kappa shape index (κ3) is 5.10. The van der Waals surface area contributed by atoms with Crippen LogP contribution in [0.5, 0.6) is 17.2 Å². The molecule has 1 aliphatic rings. The monoisotopic (exact) mass is 345 g/mol. The van der Waals surface area contributed by atoms with E-state index in [1.165, 1.54) is 17.7 Å². The molecule has 0 aliphatic carbocycles. The van der Waals surface area contributed by atoms with Gasteiger partial charge in [0.05, 0.1) is 6.61 Å². The lowest BCUT2D eigenvalue weighted by molar-refractivity contribution is 0.173. The SMILES string of the molecule is CC(CCNCCCOc1ccc2c(c1)OCO2)c1ccc(F)cc1. The molecule has 1 atom stereocenters. The van der Waals surface area contributed by atoms with Gasteiger partial charge in [-0.15, -0.1) is 0 Å². The van der Waals surface area contributed by atoms with Crippen LogP contribution < -0.4 is 19.5 Å². The average molecular weight is 345 g/mol. The Bertz CT molecular complexity index is 675. The van der Waals surface area contributed by atoms with E-state index in [0.717, 1.165) is 43.2 Å². The molecule has 0 saturated carbocycles. The molecule has 1 heterocycles. The molecule has 25 heavy (non-hydrogen) atoms. The average Bonchev–Trinajstić information content (AvgIpc) is 3.09. The van der Waals surface area contributed by atoms with Gasteiger partial charge in [0, 0.05) is 6.07 Å². The highest BCUT2D eigenvalue weighted by Crippen LogP contribution is 2.35. The van der Waals surface area contributed by atoms with Crippen LogP contribution in [0.25, 0.3) is 0 Å². The molecule has 0 fully saturated rings. The summed E-state index contributed by atoms with van der Waals surface area (Å²) in [6, 6.07) is 12.4. The Hall–Kier alpha value is -2.27. The van der Waals surface area contributed by atoms with Crippen molar-refractivity contribution in [3.8, 4) is 17.2 Å². The van der Waals surface area contributed by atoms with Gasteiger partial charge in [-0.3, -0.25) is 0 Å². The molecule has 134 valence electrons. The summed E-state index contributed by atoms with van der Waals surface area (Å²) < 4.78 is 29.3. The van der Waals surface area contributed by atoms with Crippen LogP contribution >= 0.6 is 0 Å². The molecule has 0 radical (unpaired) electrons. The zero-order chi connectivity index (χ0) is 17.5. The molecule has 1 unspecified atom stereocenters. The molecule has 0 amide bonds. The van der Waals surface area contributed by atoms with Crippen LogP contribution in [0, 0.1) is 5.82 Å². The number of rotatable bonds is 9. The van der Waals surface area contributed by atoms with Gasteiger partial charge in [-0.2, -0.15) is 0 Å². The lowest BCUT2D eigenvalue weighted by atomic mass is 9.98. The predicted molar refractivity (Wildman–Crippen MR) is 95.0 cm³/mol. The Kier molecular flexibility index (Phi) is 6.12. The fourth-order valence-corrected chi connectivity index (χ4v) is 2.76. The summed E-state index contributed by atoms with van der Waals surface area (Å²) >= 11 is 0. The first-order chi connectivity index (χ1) is 12.2. The number of halogens is 1. The zero-order valence-corrected chi connectivity index (χ0v) is 14.5. The van der Waals surface area contributed by atoms with Gasteiger partial charge in [0.25, 0.3) is 0 Å². The first-order valence-electron chi connectivity index (χ1n) is 8.71. The third-order valence-electron chi connectivity index (χ3n) is 4.30. The summed E-state index contributed by atoms with van der Waals surface area (Å²) in [7, 11) is 0. The van der Waals surface area contributed by atoms with Crippen LogP contribution in [0.1, 0.15) is 31.2 Å². The maximum Gasteiger partial charge on any atom is 0.231 e. The molecule has 0 spiro atoms. The maximum atomic E-state index is 12.9. The molecule has 2 aromatic carbocycles. The largest absolute Gasteiger partial charge is 0.493 e. The number of hydrogen-bond acceptors (Lipinski definition) is 4. The van der Waals surface area contributed by atoms with E-state index < -0.39 is 0 Å². The van der Waals surface area contributed by atoms with Crippen LogP contribution in [0.3, 0.4) is 0 Å². The van der Waals surface area contributed by atoms with E-state index in [0.29, 0.717) is 12.5 Å². The van der Waals surface area contributed by atoms with E-state index in [1.54, 1.807) is 0 Å². The fourth-order valence-electron chi connectivity index (χ4n) is 2.76. The summed E-state index contributed by atoms with van der Waals surface area (Å²) in [4.78, 5) is 0. The quantitative estimate of drug-likeness (QED) is 0.695. The van der Waals surface area contributed by atoms with Gasteiger partial charge in [0.1, 0.15) is 11.6 Å². The number of benzene rings is 2. The molecule has 1 aliphatic heterocycles. The molecular weight excluding hydrogens is 321 g/mol. The Morgan fingerprint density at radius 1 is 1.08 bits per heavy atom. The van der Waals surface area contributed by atoms with E-state index in [2.05, 4.69) is 12.2 Å². The second-order valence-electron chi connectivity index (χ2n) is 6.21. The number of fused-ring (bicyclic) bond motifs is 1. The fraction of sp³-hybridized carbons (Fsp3) is 0.400. The highest BCUT2D eigenvalue weighted by molar-refractivity contribution is 5.46. The van der Waals surface area contributed by atoms with Gasteiger partial charge in [0.2, 0.25) is 6.79 Å². The minimum Gasteiger partial charge on any atom is -0.493 e. The summed E-state index contributed by atoms with van der Waals surface area (Å²) in [5.74, 6) is 2.54. The highest BCUT2D eigenvalue weighted by atomic mass is 19.1. The van der Waals surface area contributed by atoms with Gasteiger partial charge in [-0.25, -0.2) is 4.39 Å². The Morgan fingerprint density at radius 3 is 2.72 bits per heavy atom. The van der Waals surface area contributed by atoms with E-state index in [1.807, 2.05) is 30.3 Å². The lowest BCUT2D eigenvalue weighted by Gasteiger charge is -2.12. The van der Waals surface area contributed by atoms with Crippen molar-refractivity contribution < 1.29 is 18.6 Å². The summed E-state index contributed by atoms with van der Waals surface area (Å²) in [5, 5.41) is 3.43. The Labute approximate surface area is 147 Å². The second kappa shape index (κ2) is 8.72. The van der Waals surface area contributed by atoms with E-state index in [-0.39, 0.29) is 12.6 Å². The van der Waals surface area contributed by atoms with Gasteiger partial charge in [0.15, 0.2) is 11.5 Å². The predicted octanol–water partition coefficient (Wildman–Crippen LogP) is 4.11. The molecule has 5 heteroatoms. The van der Waals surface area contributed by atoms with Crippen LogP contribution in [0.2, 0.25) is 0 Å². The van der Waals surface area contributed by atoms with Gasteiger partial charge < -0.3 is 19.5 Å². The molecule has 3 rings (SSSR count). The topological polar surface area (TPSA) is 39.7 Å². The Balaban J connectivity index is 1.27. The van der Waals surface area contributed by atoms with Gasteiger partial charge >= 0.3 is 0 Å². The minimum absolute atomic E-state index is 0.184. The van der Waals surface area contributed by atoms with E-state index >= 15 is 0 Å². The van der Waals surface area contributed by atoms with Crippen molar-refractivity contribution >= 4 is 0 Å². The first kappa shape index (κ1) is 17.5. The number of ether oxygens (including phenoxy) is 3. The number of hydrogen-bond donors (Lipinski definition) is 1. The standard InChI is InChI=1S/C20H24FNO3/c1-15(16-3-5-17(21)6-4-16)9-11-22-10-2-12-23-18-7-8-19-20(13-18)25-14-24-19/h3-8,13,15,22H,2,9-12,14H2,1H3.